The summed E-state index contributed by atoms with van der Waals surface area (Å²) in [7, 11) is 0. The first-order chi connectivity index (χ1) is 9.26. The molecule has 3 rings (SSSR count). The number of carbonyl (C=O) groups is 1. The number of aromatic nitrogens is 3. The van der Waals surface area contributed by atoms with Gasteiger partial charge < -0.3 is 10.1 Å². The van der Waals surface area contributed by atoms with Crippen molar-refractivity contribution in [3.63, 3.8) is 0 Å². The number of carbonyl (C=O) groups excluding carboxylic acids is 1. The van der Waals surface area contributed by atoms with Crippen molar-refractivity contribution in [3.8, 4) is 0 Å². The lowest BCUT2D eigenvalue weighted by atomic mass is 9.82. The van der Waals surface area contributed by atoms with E-state index < -0.39 is 0 Å². The molecule has 1 spiro atoms. The summed E-state index contributed by atoms with van der Waals surface area (Å²) in [4.78, 5) is 11.9. The fourth-order valence-corrected chi connectivity index (χ4v) is 3.22. The van der Waals surface area contributed by atoms with E-state index >= 15 is 0 Å². The molecule has 6 heteroatoms. The van der Waals surface area contributed by atoms with Crippen LogP contribution in [0.1, 0.15) is 38.5 Å². The molecule has 1 N–H and O–H groups in total. The molecule has 1 aromatic heterocycles. The molecule has 0 radical (unpaired) electrons. The third-order valence-corrected chi connectivity index (χ3v) is 4.12. The number of amides is 1. The number of rotatable bonds is 3. The summed E-state index contributed by atoms with van der Waals surface area (Å²) in [6, 6.07) is 0.147. The zero-order valence-electron chi connectivity index (χ0n) is 11.0. The maximum Gasteiger partial charge on any atom is 0.242 e. The normalized spacial score (nSPS) is 25.6. The van der Waals surface area contributed by atoms with Crippen molar-refractivity contribution in [2.75, 3.05) is 6.61 Å². The Morgan fingerprint density at radius 3 is 3.00 bits per heavy atom. The van der Waals surface area contributed by atoms with Gasteiger partial charge in [0.25, 0.3) is 0 Å². The van der Waals surface area contributed by atoms with E-state index in [-0.39, 0.29) is 24.1 Å². The van der Waals surface area contributed by atoms with Gasteiger partial charge in [0, 0.05) is 6.20 Å². The highest BCUT2D eigenvalue weighted by atomic mass is 16.5. The lowest BCUT2D eigenvalue weighted by molar-refractivity contribution is -0.122. The molecule has 19 heavy (non-hydrogen) atoms. The minimum Gasteiger partial charge on any atom is -0.373 e. The highest BCUT2D eigenvalue weighted by molar-refractivity contribution is 5.76. The Morgan fingerprint density at radius 2 is 2.26 bits per heavy atom. The molecular formula is C13H20N4O2. The molecule has 0 bridgehead atoms. The molecule has 1 atom stereocenters. The Kier molecular flexibility index (Phi) is 3.50. The number of ether oxygens (including phenoxy) is 1. The molecule has 1 aliphatic carbocycles. The number of nitrogens with one attached hydrogen (secondary N) is 1. The van der Waals surface area contributed by atoms with Crippen LogP contribution in [0.15, 0.2) is 12.4 Å². The monoisotopic (exact) mass is 264 g/mol. The van der Waals surface area contributed by atoms with E-state index in [9.17, 15) is 4.79 Å². The summed E-state index contributed by atoms with van der Waals surface area (Å²) < 4.78 is 7.51. The molecule has 0 aromatic carbocycles. The van der Waals surface area contributed by atoms with Crippen molar-refractivity contribution in [2.45, 2.75) is 56.7 Å². The first-order valence-electron chi connectivity index (χ1n) is 7.03. The van der Waals surface area contributed by atoms with Crippen molar-refractivity contribution < 1.29 is 9.53 Å². The quantitative estimate of drug-likeness (QED) is 0.880. The first-order valence-corrected chi connectivity index (χ1v) is 7.03. The molecule has 1 saturated heterocycles. The second-order valence-electron chi connectivity index (χ2n) is 5.62. The zero-order valence-corrected chi connectivity index (χ0v) is 11.0. The van der Waals surface area contributed by atoms with E-state index in [1.54, 1.807) is 12.4 Å². The zero-order chi connectivity index (χ0) is 13.1. The van der Waals surface area contributed by atoms with Gasteiger partial charge in [-0.2, -0.15) is 0 Å². The predicted octanol–water partition coefficient (Wildman–Crippen LogP) is 0.886. The first kappa shape index (κ1) is 12.6. The molecule has 1 amide bonds. The lowest BCUT2D eigenvalue weighted by Gasteiger charge is -2.32. The van der Waals surface area contributed by atoms with Gasteiger partial charge in [-0.25, -0.2) is 4.68 Å². The van der Waals surface area contributed by atoms with Crippen LogP contribution in [0.3, 0.4) is 0 Å². The summed E-state index contributed by atoms with van der Waals surface area (Å²) in [5.41, 5.74) is 0.0451. The van der Waals surface area contributed by atoms with Crippen LogP contribution in [0, 0.1) is 0 Å². The second-order valence-corrected chi connectivity index (χ2v) is 5.62. The molecule has 6 nitrogen and oxygen atoms in total. The van der Waals surface area contributed by atoms with Crippen molar-refractivity contribution in [3.05, 3.63) is 12.4 Å². The molecule has 1 aromatic rings. The van der Waals surface area contributed by atoms with Crippen molar-refractivity contribution in [1.29, 1.82) is 0 Å². The van der Waals surface area contributed by atoms with Crippen molar-refractivity contribution in [2.24, 2.45) is 0 Å². The van der Waals surface area contributed by atoms with Crippen LogP contribution in [0.4, 0.5) is 0 Å². The second kappa shape index (κ2) is 5.28. The maximum atomic E-state index is 11.9. The fourth-order valence-electron chi connectivity index (χ4n) is 3.22. The number of hydrogen-bond donors (Lipinski definition) is 1. The minimum absolute atomic E-state index is 0.0213. The van der Waals surface area contributed by atoms with Gasteiger partial charge in [-0.3, -0.25) is 4.79 Å². The van der Waals surface area contributed by atoms with Crippen molar-refractivity contribution in [1.82, 2.24) is 20.3 Å². The molecule has 2 fully saturated rings. The smallest absolute Gasteiger partial charge is 0.242 e. The third-order valence-electron chi connectivity index (χ3n) is 4.12. The number of hydrogen-bond acceptors (Lipinski definition) is 4. The van der Waals surface area contributed by atoms with Gasteiger partial charge in [-0.15, -0.1) is 5.10 Å². The van der Waals surface area contributed by atoms with Gasteiger partial charge in [-0.1, -0.05) is 24.5 Å². The van der Waals surface area contributed by atoms with E-state index in [4.69, 9.17) is 4.74 Å². The molecular weight excluding hydrogens is 244 g/mol. The molecule has 104 valence electrons. The van der Waals surface area contributed by atoms with Crippen LogP contribution in [-0.4, -0.2) is 39.2 Å². The van der Waals surface area contributed by atoms with Crippen LogP contribution in [0.5, 0.6) is 0 Å². The summed E-state index contributed by atoms with van der Waals surface area (Å²) in [5.74, 6) is -0.0213. The van der Waals surface area contributed by atoms with E-state index in [1.807, 2.05) is 0 Å². The van der Waals surface area contributed by atoms with Gasteiger partial charge in [0.15, 0.2) is 0 Å². The van der Waals surface area contributed by atoms with Crippen LogP contribution in [0.2, 0.25) is 0 Å². The fraction of sp³-hybridized carbons (Fsp3) is 0.769. The van der Waals surface area contributed by atoms with Gasteiger partial charge in [-0.05, 0) is 19.3 Å². The standard InChI is InChI=1S/C13H20N4O2/c18-12(9-17-7-6-14-16-17)15-11-8-13(19-10-11)4-2-1-3-5-13/h6-7,11H,1-5,8-10H2,(H,15,18)/t11-/m1/s1. The molecule has 2 heterocycles. The molecule has 1 aliphatic heterocycles. The van der Waals surface area contributed by atoms with Gasteiger partial charge >= 0.3 is 0 Å². The highest BCUT2D eigenvalue weighted by Gasteiger charge is 2.41. The molecule has 2 aliphatic rings. The Labute approximate surface area is 112 Å². The summed E-state index contributed by atoms with van der Waals surface area (Å²) >= 11 is 0. The van der Waals surface area contributed by atoms with Crippen LogP contribution < -0.4 is 5.32 Å². The minimum atomic E-state index is -0.0213. The van der Waals surface area contributed by atoms with Gasteiger partial charge in [0.05, 0.1) is 24.4 Å². The molecule has 0 unspecified atom stereocenters. The summed E-state index contributed by atoms with van der Waals surface area (Å²) in [6.07, 6.45) is 10.3. The highest BCUT2D eigenvalue weighted by Crippen LogP contribution is 2.39. The van der Waals surface area contributed by atoms with Crippen LogP contribution in [0.25, 0.3) is 0 Å². The Bertz CT molecular complexity index is 426. The largest absolute Gasteiger partial charge is 0.373 e. The summed E-state index contributed by atoms with van der Waals surface area (Å²) in [5, 5.41) is 10.5. The van der Waals surface area contributed by atoms with Crippen LogP contribution in [-0.2, 0) is 16.1 Å². The van der Waals surface area contributed by atoms with Gasteiger partial charge in [0.2, 0.25) is 5.91 Å². The Hall–Kier alpha value is -1.43. The topological polar surface area (TPSA) is 69.0 Å². The van der Waals surface area contributed by atoms with Crippen molar-refractivity contribution >= 4 is 5.91 Å². The van der Waals surface area contributed by atoms with E-state index in [2.05, 4.69) is 15.6 Å². The predicted molar refractivity (Wildman–Crippen MR) is 68.3 cm³/mol. The number of nitrogens with zero attached hydrogens (tertiary/aromatic N) is 3. The van der Waals surface area contributed by atoms with Gasteiger partial charge in [0.1, 0.15) is 6.54 Å². The lowest BCUT2D eigenvalue weighted by Crippen LogP contribution is -2.39. The van der Waals surface area contributed by atoms with E-state index in [0.29, 0.717) is 6.61 Å². The summed E-state index contributed by atoms with van der Waals surface area (Å²) in [6.45, 7) is 0.868. The maximum absolute atomic E-state index is 11.9. The average Bonchev–Trinajstić information content (AvgIpc) is 3.02. The SMILES string of the molecule is O=C(Cn1ccnn1)N[C@H]1COC2(CCCCC2)C1. The Balaban J connectivity index is 1.50. The van der Waals surface area contributed by atoms with E-state index in [1.165, 1.54) is 23.9 Å². The molecule has 1 saturated carbocycles. The van der Waals surface area contributed by atoms with Crippen LogP contribution >= 0.6 is 0 Å². The average molecular weight is 264 g/mol. The Morgan fingerprint density at radius 1 is 1.42 bits per heavy atom. The third kappa shape index (κ3) is 2.94. The van der Waals surface area contributed by atoms with E-state index in [0.717, 1.165) is 19.3 Å².